The van der Waals surface area contributed by atoms with Gasteiger partial charge >= 0.3 is 11.9 Å². The van der Waals surface area contributed by atoms with Crippen LogP contribution in [0.15, 0.2) is 36.7 Å². The van der Waals surface area contributed by atoms with E-state index in [4.69, 9.17) is 14.9 Å². The van der Waals surface area contributed by atoms with Gasteiger partial charge in [0.2, 0.25) is 0 Å². The number of hydrogen-bond acceptors (Lipinski definition) is 11. The summed E-state index contributed by atoms with van der Waals surface area (Å²) in [5, 5.41) is 34.6. The number of aromatic nitrogens is 3. The summed E-state index contributed by atoms with van der Waals surface area (Å²) < 4.78 is 20.4. The topological polar surface area (TPSA) is 173 Å². The van der Waals surface area contributed by atoms with Crippen molar-refractivity contribution in [2.24, 2.45) is 11.3 Å². The molecule has 1 aromatic heterocycles. The number of ether oxygens (including phenoxy) is 1. The second kappa shape index (κ2) is 18.3. The molecule has 3 heterocycles. The molecular weight excluding hydrogens is 661 g/mol. The van der Waals surface area contributed by atoms with Gasteiger partial charge in [-0.15, -0.1) is 10.2 Å². The molecule has 1 amide bonds. The third-order valence-electron chi connectivity index (χ3n) is 9.49. The molecule has 2 aliphatic rings. The molecule has 3 N–H and O–H groups in total. The number of carbonyl (C=O) groups is 3. The number of benzene rings is 1. The lowest BCUT2D eigenvalue weighted by Gasteiger charge is -2.53. The van der Waals surface area contributed by atoms with Gasteiger partial charge in [-0.1, -0.05) is 13.8 Å². The lowest BCUT2D eigenvalue weighted by Crippen LogP contribution is -2.62. The Morgan fingerprint density at radius 3 is 2.24 bits per heavy atom. The largest absolute Gasteiger partial charge is 0.478 e. The van der Waals surface area contributed by atoms with Gasteiger partial charge in [0.15, 0.2) is 5.82 Å². The Kier molecular flexibility index (Phi) is 14.8. The second-order valence-corrected chi connectivity index (χ2v) is 14.3. The predicted molar refractivity (Wildman–Crippen MR) is 190 cm³/mol. The van der Waals surface area contributed by atoms with Crippen molar-refractivity contribution in [2.45, 2.75) is 85.5 Å². The maximum atomic E-state index is 14.3. The van der Waals surface area contributed by atoms with Gasteiger partial charge in [-0.05, 0) is 78.6 Å². The van der Waals surface area contributed by atoms with Crippen molar-refractivity contribution in [2.75, 3.05) is 51.2 Å². The number of aliphatic hydroxyl groups excluding tert-OH is 1. The molecule has 2 aliphatic heterocycles. The minimum Gasteiger partial charge on any atom is -0.478 e. The van der Waals surface area contributed by atoms with Crippen LogP contribution >= 0.6 is 0 Å². The summed E-state index contributed by atoms with van der Waals surface area (Å²) in [5.41, 5.74) is 0.270. The first-order valence-corrected chi connectivity index (χ1v) is 17.4. The lowest BCUT2D eigenvalue weighted by molar-refractivity contribution is -0.134. The smallest absolute Gasteiger partial charge is 0.328 e. The fourth-order valence-electron chi connectivity index (χ4n) is 6.61. The van der Waals surface area contributed by atoms with Gasteiger partial charge in [0, 0.05) is 75.0 Å². The molecule has 0 radical (unpaired) electrons. The Hall–Kier alpha value is -4.21. The lowest BCUT2D eigenvalue weighted by atomic mass is 9.76. The van der Waals surface area contributed by atoms with Crippen LogP contribution in [0.25, 0.3) is 0 Å². The fraction of sp³-hybridized carbons (Fsp3) is 0.611. The van der Waals surface area contributed by atoms with E-state index in [1.165, 1.54) is 24.5 Å². The number of likely N-dealkylation sites (tertiary alicyclic amines) is 1. The number of hydrogen-bond donors (Lipinski definition) is 3. The van der Waals surface area contributed by atoms with Crippen LogP contribution in [0.3, 0.4) is 0 Å². The van der Waals surface area contributed by atoms with Gasteiger partial charge in [0.1, 0.15) is 17.9 Å². The highest BCUT2D eigenvalue weighted by Crippen LogP contribution is 2.44. The van der Waals surface area contributed by atoms with Gasteiger partial charge in [-0.3, -0.25) is 9.69 Å². The number of nitrogens with zero attached hydrogens (tertiary/aromatic N) is 7. The number of carboxylic acid groups (broad SMARTS) is 2. The Morgan fingerprint density at radius 2 is 1.69 bits per heavy atom. The molecule has 15 heteroatoms. The average molecular weight is 716 g/mol. The Labute approximate surface area is 299 Å². The molecule has 2 aromatic rings. The first kappa shape index (κ1) is 41.2. The van der Waals surface area contributed by atoms with Crippen molar-refractivity contribution in [3.05, 3.63) is 48.1 Å². The molecule has 51 heavy (non-hydrogen) atoms. The summed E-state index contributed by atoms with van der Waals surface area (Å²) in [5.74, 6) is -1.91. The molecule has 4 rings (SSSR count). The number of aliphatic hydroxyl groups is 1. The number of amides is 1. The van der Waals surface area contributed by atoms with E-state index in [1.807, 2.05) is 20.8 Å². The molecule has 2 fully saturated rings. The maximum Gasteiger partial charge on any atom is 0.328 e. The quantitative estimate of drug-likeness (QED) is 0.226. The van der Waals surface area contributed by atoms with Gasteiger partial charge in [-0.2, -0.15) is 0 Å². The Morgan fingerprint density at radius 1 is 1.04 bits per heavy atom. The summed E-state index contributed by atoms with van der Waals surface area (Å²) in [6, 6.07) is 4.61. The van der Waals surface area contributed by atoms with E-state index < -0.39 is 17.8 Å². The van der Waals surface area contributed by atoms with Crippen LogP contribution in [0.4, 0.5) is 10.2 Å². The van der Waals surface area contributed by atoms with Crippen molar-refractivity contribution < 1.29 is 38.8 Å². The molecule has 282 valence electrons. The third kappa shape index (κ3) is 11.4. The molecule has 0 unspecified atom stereocenters. The van der Waals surface area contributed by atoms with Crippen LogP contribution in [0.5, 0.6) is 11.6 Å². The highest BCUT2D eigenvalue weighted by Gasteiger charge is 2.50. The SMILES string of the molecule is CCN(C(=O)c1cc(F)ccc1Oc1nncnc1N1CCC2(C1)CN([C@@H](C[C@H](O)CN(C)C(C)C)C(C)C)C2)C(C)C.O=C(O)/C=C/C(=O)O. The minimum atomic E-state index is -1.26. The number of carboxylic acids is 2. The van der Waals surface area contributed by atoms with E-state index in [0.717, 1.165) is 39.0 Å². The molecule has 1 spiro atoms. The van der Waals surface area contributed by atoms with Crippen molar-refractivity contribution in [3.63, 3.8) is 0 Å². The Balaban J connectivity index is 0.000000783. The second-order valence-electron chi connectivity index (χ2n) is 14.3. The maximum absolute atomic E-state index is 14.3. The number of aliphatic carboxylic acids is 2. The molecule has 14 nitrogen and oxygen atoms in total. The summed E-state index contributed by atoms with van der Waals surface area (Å²) in [4.78, 5) is 45.5. The van der Waals surface area contributed by atoms with Crippen LogP contribution < -0.4 is 9.64 Å². The molecule has 2 saturated heterocycles. The molecule has 2 atom stereocenters. The Bertz CT molecular complexity index is 1500. The van der Waals surface area contributed by atoms with Gasteiger partial charge in [-0.25, -0.2) is 19.0 Å². The zero-order chi connectivity index (χ0) is 38.0. The van der Waals surface area contributed by atoms with E-state index >= 15 is 0 Å². The molecule has 0 bridgehead atoms. The van der Waals surface area contributed by atoms with Crippen LogP contribution in [0.1, 0.15) is 71.7 Å². The average Bonchev–Trinajstić information content (AvgIpc) is 3.49. The van der Waals surface area contributed by atoms with E-state index in [1.54, 1.807) is 4.90 Å². The first-order valence-electron chi connectivity index (χ1n) is 17.4. The van der Waals surface area contributed by atoms with Crippen molar-refractivity contribution in [1.29, 1.82) is 0 Å². The van der Waals surface area contributed by atoms with Crippen LogP contribution in [0.2, 0.25) is 0 Å². The number of anilines is 1. The van der Waals surface area contributed by atoms with E-state index in [2.05, 4.69) is 64.6 Å². The highest BCUT2D eigenvalue weighted by molar-refractivity contribution is 5.97. The molecule has 0 aliphatic carbocycles. The minimum absolute atomic E-state index is 0.0508. The first-order chi connectivity index (χ1) is 24.0. The highest BCUT2D eigenvalue weighted by atomic mass is 19.1. The summed E-state index contributed by atoms with van der Waals surface area (Å²) in [6.45, 7) is 19.2. The van der Waals surface area contributed by atoms with Crippen molar-refractivity contribution in [3.8, 4) is 11.6 Å². The number of carbonyl (C=O) groups excluding carboxylic acids is 1. The molecule has 0 saturated carbocycles. The monoisotopic (exact) mass is 715 g/mol. The zero-order valence-corrected chi connectivity index (χ0v) is 31.0. The van der Waals surface area contributed by atoms with Gasteiger partial charge < -0.3 is 34.8 Å². The van der Waals surface area contributed by atoms with Gasteiger partial charge in [0.05, 0.1) is 11.7 Å². The molecular formula is C36H54FN7O7. The van der Waals surface area contributed by atoms with E-state index in [9.17, 15) is 23.9 Å². The fourth-order valence-corrected chi connectivity index (χ4v) is 6.61. The van der Waals surface area contributed by atoms with E-state index in [-0.39, 0.29) is 40.7 Å². The summed E-state index contributed by atoms with van der Waals surface area (Å²) >= 11 is 0. The predicted octanol–water partition coefficient (Wildman–Crippen LogP) is 4.01. The summed E-state index contributed by atoms with van der Waals surface area (Å²) in [6.07, 6.45) is 3.92. The normalized spacial score (nSPS) is 16.8. The van der Waals surface area contributed by atoms with Crippen LogP contribution in [-0.4, -0.2) is 134 Å². The van der Waals surface area contributed by atoms with Gasteiger partial charge in [0.25, 0.3) is 11.8 Å². The van der Waals surface area contributed by atoms with Crippen molar-refractivity contribution in [1.82, 2.24) is 29.9 Å². The van der Waals surface area contributed by atoms with Crippen molar-refractivity contribution >= 4 is 23.7 Å². The molecule has 1 aromatic carbocycles. The number of halogens is 1. The zero-order valence-electron chi connectivity index (χ0n) is 31.0. The van der Waals surface area contributed by atoms with Crippen LogP contribution in [-0.2, 0) is 9.59 Å². The summed E-state index contributed by atoms with van der Waals surface area (Å²) in [7, 11) is 2.06. The van der Waals surface area contributed by atoms with Crippen LogP contribution in [0, 0.1) is 17.2 Å². The third-order valence-corrected chi connectivity index (χ3v) is 9.49. The van der Waals surface area contributed by atoms with E-state index in [0.29, 0.717) is 49.1 Å². The standard InChI is InChI=1S/C32H50FN7O3.C4H4O4/c1-9-40(23(6)7)31(42)26-14-24(33)10-11-28(26)43-30-29(34-20-35-36-30)38-13-12-32(17-38)18-39(19-32)27(21(2)3)15-25(41)16-37(8)22(4)5;5-3(6)1-2-4(7)8/h10-11,14,20-23,25,27,41H,9,12-13,15-19H2,1-8H3;1-2H,(H,5,6)(H,7,8)/b;2-1+/t25-,27-;/m0./s1. The number of rotatable bonds is 15. The number of likely N-dealkylation sites (N-methyl/N-ethyl adjacent to an activating group) is 1.